The highest BCUT2D eigenvalue weighted by Gasteiger charge is 2.33. The maximum atomic E-state index is 13.7. The third kappa shape index (κ3) is 5.44. The van der Waals surface area contributed by atoms with Crippen molar-refractivity contribution < 1.29 is 19.1 Å². The Morgan fingerprint density at radius 3 is 2.45 bits per heavy atom. The van der Waals surface area contributed by atoms with E-state index in [4.69, 9.17) is 38.4 Å². The molecule has 1 unspecified atom stereocenters. The Bertz CT molecular complexity index is 1350. The lowest BCUT2D eigenvalue weighted by molar-refractivity contribution is -0.138. The molecule has 1 atom stereocenters. The molecule has 38 heavy (non-hydrogen) atoms. The van der Waals surface area contributed by atoms with E-state index in [9.17, 15) is 9.59 Å². The van der Waals surface area contributed by atoms with Crippen LogP contribution in [-0.2, 0) is 14.3 Å². The molecule has 5 rings (SSSR count). The second kappa shape index (κ2) is 11.2. The van der Waals surface area contributed by atoms with E-state index in [1.807, 2.05) is 48.5 Å². The first-order valence-electron chi connectivity index (χ1n) is 12.3. The van der Waals surface area contributed by atoms with Gasteiger partial charge in [0.25, 0.3) is 5.91 Å². The number of nitrogens with two attached hydrogens (primary N) is 1. The van der Waals surface area contributed by atoms with E-state index >= 15 is 0 Å². The normalized spacial score (nSPS) is 16.5. The van der Waals surface area contributed by atoms with Gasteiger partial charge in [-0.2, -0.15) is 0 Å². The average Bonchev–Trinajstić information content (AvgIpc) is 2.92. The lowest BCUT2D eigenvalue weighted by atomic mass is 10.0. The molecule has 2 heterocycles. The highest BCUT2D eigenvalue weighted by molar-refractivity contribution is 6.42. The minimum Gasteiger partial charge on any atom is -0.482 e. The van der Waals surface area contributed by atoms with E-state index in [0.29, 0.717) is 48.5 Å². The number of hydrogen-bond acceptors (Lipinski definition) is 6. The molecular formula is C28H28Cl2N4O4. The molecule has 0 aromatic heterocycles. The molecule has 2 amide bonds. The largest absolute Gasteiger partial charge is 0.482 e. The summed E-state index contributed by atoms with van der Waals surface area (Å²) < 4.78 is 11.1. The molecule has 3 aromatic carbocycles. The molecule has 198 valence electrons. The van der Waals surface area contributed by atoms with Gasteiger partial charge in [0, 0.05) is 31.9 Å². The third-order valence-corrected chi connectivity index (χ3v) is 7.54. The Morgan fingerprint density at radius 2 is 1.74 bits per heavy atom. The van der Waals surface area contributed by atoms with Crippen LogP contribution < -0.4 is 15.4 Å². The number of fused-ring (bicyclic) bond motifs is 1. The zero-order valence-electron chi connectivity index (χ0n) is 20.9. The molecular weight excluding hydrogens is 527 g/mol. The Morgan fingerprint density at radius 1 is 1.03 bits per heavy atom. The van der Waals surface area contributed by atoms with Crippen molar-refractivity contribution in [1.29, 1.82) is 0 Å². The SMILES string of the molecule is CN(C(=O)CN1C(=O)COc2cc(Cl)c(Cl)cc21)C(c1ccc(-c2cccc(N)c2)cc1)N1CCOCC1. The van der Waals surface area contributed by atoms with Crippen molar-refractivity contribution in [1.82, 2.24) is 9.80 Å². The van der Waals surface area contributed by atoms with Gasteiger partial charge in [0.1, 0.15) is 18.5 Å². The zero-order chi connectivity index (χ0) is 26.8. The Kier molecular flexibility index (Phi) is 7.76. The third-order valence-electron chi connectivity index (χ3n) is 6.82. The van der Waals surface area contributed by atoms with Crippen molar-refractivity contribution in [2.75, 3.05) is 57.1 Å². The van der Waals surface area contributed by atoms with Crippen molar-refractivity contribution in [2.45, 2.75) is 6.17 Å². The van der Waals surface area contributed by atoms with Gasteiger partial charge < -0.3 is 20.1 Å². The number of nitrogens with zero attached hydrogens (tertiary/aromatic N) is 3. The van der Waals surface area contributed by atoms with Crippen LogP contribution in [0.15, 0.2) is 60.7 Å². The molecule has 2 N–H and O–H groups in total. The van der Waals surface area contributed by atoms with Crippen molar-refractivity contribution >= 4 is 46.4 Å². The van der Waals surface area contributed by atoms with Crippen molar-refractivity contribution in [3.05, 3.63) is 76.3 Å². The van der Waals surface area contributed by atoms with E-state index in [0.717, 1.165) is 16.7 Å². The van der Waals surface area contributed by atoms with Crippen molar-refractivity contribution in [2.24, 2.45) is 0 Å². The zero-order valence-corrected chi connectivity index (χ0v) is 22.4. The van der Waals surface area contributed by atoms with Gasteiger partial charge in [-0.15, -0.1) is 0 Å². The standard InChI is InChI=1S/C28H28Cl2N4O4/c1-32(26(35)16-34-24-14-22(29)23(30)15-25(24)38-17-27(34)36)28(33-9-11-37-12-10-33)19-7-5-18(6-8-19)20-3-2-4-21(31)13-20/h2-8,13-15,28H,9-12,16-17,31H2,1H3. The van der Waals surface area contributed by atoms with Gasteiger partial charge in [-0.25, -0.2) is 0 Å². The number of halogens is 2. The first-order chi connectivity index (χ1) is 18.3. The number of ether oxygens (including phenoxy) is 2. The van der Waals surface area contributed by atoms with Gasteiger partial charge in [0.05, 0.1) is 28.9 Å². The number of hydrogen-bond donors (Lipinski definition) is 1. The molecule has 2 aliphatic rings. The summed E-state index contributed by atoms with van der Waals surface area (Å²) in [5.74, 6) is -0.142. The van der Waals surface area contributed by atoms with Gasteiger partial charge in [-0.3, -0.25) is 19.4 Å². The number of amides is 2. The minimum absolute atomic E-state index is 0.161. The molecule has 0 bridgehead atoms. The summed E-state index contributed by atoms with van der Waals surface area (Å²) in [4.78, 5) is 31.7. The summed E-state index contributed by atoms with van der Waals surface area (Å²) in [5.41, 5.74) is 10.1. The van der Waals surface area contributed by atoms with Gasteiger partial charge >= 0.3 is 0 Å². The predicted octanol–water partition coefficient (Wildman–Crippen LogP) is 4.46. The fourth-order valence-electron chi connectivity index (χ4n) is 4.82. The number of morpholine rings is 1. The molecule has 8 nitrogen and oxygen atoms in total. The van der Waals surface area contributed by atoms with Crippen LogP contribution >= 0.6 is 23.2 Å². The summed E-state index contributed by atoms with van der Waals surface area (Å²) in [6.45, 7) is 2.16. The number of rotatable bonds is 6. The summed E-state index contributed by atoms with van der Waals surface area (Å²) >= 11 is 12.3. The van der Waals surface area contributed by atoms with Gasteiger partial charge in [0.15, 0.2) is 6.61 Å². The summed E-state index contributed by atoms with van der Waals surface area (Å²) in [6, 6.07) is 19.0. The molecule has 0 saturated carbocycles. The number of carbonyl (C=O) groups excluding carboxylic acids is 2. The van der Waals surface area contributed by atoms with Crippen LogP contribution in [-0.4, -0.2) is 68.1 Å². The lowest BCUT2D eigenvalue weighted by Gasteiger charge is -2.41. The quantitative estimate of drug-likeness (QED) is 0.452. The Labute approximate surface area is 231 Å². The predicted molar refractivity (Wildman–Crippen MR) is 149 cm³/mol. The Balaban J connectivity index is 1.41. The molecule has 10 heteroatoms. The van der Waals surface area contributed by atoms with E-state index in [-0.39, 0.29) is 36.2 Å². The highest BCUT2D eigenvalue weighted by atomic mass is 35.5. The molecule has 1 saturated heterocycles. The summed E-state index contributed by atoms with van der Waals surface area (Å²) in [7, 11) is 1.76. The highest BCUT2D eigenvalue weighted by Crippen LogP contribution is 2.39. The molecule has 1 fully saturated rings. The number of likely N-dealkylation sites (N-methyl/N-ethyl adjacent to an activating group) is 1. The van der Waals surface area contributed by atoms with Crippen LogP contribution in [0.2, 0.25) is 10.0 Å². The number of nitrogen functional groups attached to an aromatic ring is 1. The minimum atomic E-state index is -0.342. The molecule has 3 aromatic rings. The summed E-state index contributed by atoms with van der Waals surface area (Å²) in [5, 5.41) is 0.596. The molecule has 2 aliphatic heterocycles. The van der Waals surface area contributed by atoms with Crippen LogP contribution in [0.5, 0.6) is 5.75 Å². The van der Waals surface area contributed by atoms with Crippen LogP contribution in [0.25, 0.3) is 11.1 Å². The smallest absolute Gasteiger partial charge is 0.265 e. The van der Waals surface area contributed by atoms with Crippen molar-refractivity contribution in [3.8, 4) is 16.9 Å². The van der Waals surface area contributed by atoms with E-state index in [2.05, 4.69) is 4.90 Å². The monoisotopic (exact) mass is 554 g/mol. The fourth-order valence-corrected chi connectivity index (χ4v) is 5.13. The van der Waals surface area contributed by atoms with Gasteiger partial charge in [-0.05, 0) is 34.9 Å². The van der Waals surface area contributed by atoms with E-state index in [1.165, 1.54) is 4.90 Å². The molecule has 0 spiro atoms. The van der Waals surface area contributed by atoms with E-state index < -0.39 is 0 Å². The number of carbonyl (C=O) groups is 2. The van der Waals surface area contributed by atoms with Crippen molar-refractivity contribution in [3.63, 3.8) is 0 Å². The van der Waals surface area contributed by atoms with Crippen LogP contribution in [0.4, 0.5) is 11.4 Å². The summed E-state index contributed by atoms with van der Waals surface area (Å²) in [6.07, 6.45) is -0.342. The van der Waals surface area contributed by atoms with Gasteiger partial charge in [0.2, 0.25) is 5.91 Å². The second-order valence-corrected chi connectivity index (χ2v) is 10.1. The molecule has 0 aliphatic carbocycles. The lowest BCUT2D eigenvalue weighted by Crippen LogP contribution is -2.51. The maximum Gasteiger partial charge on any atom is 0.265 e. The van der Waals surface area contributed by atoms with Gasteiger partial charge in [-0.1, -0.05) is 59.6 Å². The van der Waals surface area contributed by atoms with Crippen LogP contribution in [0.3, 0.4) is 0 Å². The first-order valence-corrected chi connectivity index (χ1v) is 13.0. The number of anilines is 2. The fraction of sp³-hybridized carbons (Fsp3) is 0.286. The number of benzene rings is 3. The average molecular weight is 555 g/mol. The second-order valence-electron chi connectivity index (χ2n) is 9.28. The van der Waals surface area contributed by atoms with Crippen LogP contribution in [0, 0.1) is 0 Å². The topological polar surface area (TPSA) is 88.3 Å². The molecule has 0 radical (unpaired) electrons. The van der Waals surface area contributed by atoms with E-state index in [1.54, 1.807) is 24.1 Å². The maximum absolute atomic E-state index is 13.7. The van der Waals surface area contributed by atoms with Crippen LogP contribution in [0.1, 0.15) is 11.7 Å². The Hall–Kier alpha value is -3.30. The first kappa shape index (κ1) is 26.3.